The quantitative estimate of drug-likeness (QED) is 0.255. The van der Waals surface area contributed by atoms with Crippen LogP contribution in [0.25, 0.3) is 0 Å². The van der Waals surface area contributed by atoms with E-state index in [-0.39, 0.29) is 42.3 Å². The summed E-state index contributed by atoms with van der Waals surface area (Å²) in [5, 5.41) is 8.84. The van der Waals surface area contributed by atoms with E-state index in [1.165, 1.54) is 0 Å². The molecule has 0 bridgehead atoms. The third kappa shape index (κ3) is 6.55. The number of nitrogens with one attached hydrogen (secondary N) is 3. The average Bonchev–Trinajstić information content (AvgIpc) is 2.64. The molecular weight excluding hydrogens is 445 g/mol. The highest BCUT2D eigenvalue weighted by molar-refractivity contribution is 14.0. The molecule has 2 rings (SSSR count). The summed E-state index contributed by atoms with van der Waals surface area (Å²) in [4.78, 5) is 29.8. The van der Waals surface area contributed by atoms with E-state index in [1.807, 2.05) is 19.1 Å². The minimum atomic E-state index is -0.131. The number of carbonyl (C=O) groups excluding carboxylic acids is 2. The van der Waals surface area contributed by atoms with Crippen molar-refractivity contribution in [2.45, 2.75) is 13.5 Å². The molecule has 0 spiro atoms. The Labute approximate surface area is 171 Å². The highest BCUT2D eigenvalue weighted by atomic mass is 127. The lowest BCUT2D eigenvalue weighted by atomic mass is 10.1. The number of hydrogen-bond acceptors (Lipinski definition) is 3. The van der Waals surface area contributed by atoms with Gasteiger partial charge < -0.3 is 20.9 Å². The first kappa shape index (κ1) is 21.8. The molecule has 7 nitrogen and oxygen atoms in total. The molecule has 26 heavy (non-hydrogen) atoms. The monoisotopic (exact) mass is 469 g/mol. The van der Waals surface area contributed by atoms with Crippen LogP contribution in [0, 0.1) is 12.3 Å². The number of aliphatic imine (C=N–C) groups is 1. The average molecular weight is 469 g/mol. The standard InChI is InChI=1S/C18H23N5O2.HI/c1-3-9-21-18(19-4-2)22-12-14-5-7-15(8-6-14)17(25)23-11-10-20-16(24)13-23;/h1,5-8H,4,9-13H2,2H3,(H,20,24)(H2,19,21,22);1H. The number of hydrogen-bond donors (Lipinski definition) is 3. The van der Waals surface area contributed by atoms with Crippen LogP contribution in [0.5, 0.6) is 0 Å². The molecule has 0 unspecified atom stereocenters. The van der Waals surface area contributed by atoms with Crippen LogP contribution >= 0.6 is 24.0 Å². The van der Waals surface area contributed by atoms with Gasteiger partial charge in [0.2, 0.25) is 5.91 Å². The summed E-state index contributed by atoms with van der Waals surface area (Å²) in [5.41, 5.74) is 1.55. The van der Waals surface area contributed by atoms with Crippen LogP contribution in [0.4, 0.5) is 0 Å². The molecule has 1 saturated heterocycles. The van der Waals surface area contributed by atoms with Gasteiger partial charge in [-0.05, 0) is 24.6 Å². The predicted octanol–water partition coefficient (Wildman–Crippen LogP) is 0.565. The minimum absolute atomic E-state index is 0. The summed E-state index contributed by atoms with van der Waals surface area (Å²) >= 11 is 0. The highest BCUT2D eigenvalue weighted by Crippen LogP contribution is 2.09. The van der Waals surface area contributed by atoms with E-state index in [9.17, 15) is 9.59 Å². The number of carbonyl (C=O) groups is 2. The van der Waals surface area contributed by atoms with Gasteiger partial charge in [-0.15, -0.1) is 30.4 Å². The smallest absolute Gasteiger partial charge is 0.254 e. The number of amides is 2. The van der Waals surface area contributed by atoms with Crippen LogP contribution in [0.1, 0.15) is 22.8 Å². The normalized spacial score (nSPS) is 13.9. The van der Waals surface area contributed by atoms with Crippen LogP contribution in [-0.4, -0.2) is 55.4 Å². The molecule has 3 N–H and O–H groups in total. The van der Waals surface area contributed by atoms with E-state index in [0.717, 1.165) is 12.1 Å². The molecule has 0 aromatic heterocycles. The lowest BCUT2D eigenvalue weighted by Gasteiger charge is -2.26. The Hall–Kier alpha value is -2.28. The maximum absolute atomic E-state index is 12.4. The highest BCUT2D eigenvalue weighted by Gasteiger charge is 2.21. The van der Waals surface area contributed by atoms with Crippen molar-refractivity contribution in [2.24, 2.45) is 4.99 Å². The third-order valence-electron chi connectivity index (χ3n) is 3.65. The van der Waals surface area contributed by atoms with Crippen molar-refractivity contribution in [1.82, 2.24) is 20.9 Å². The molecule has 1 aromatic carbocycles. The minimum Gasteiger partial charge on any atom is -0.357 e. The van der Waals surface area contributed by atoms with E-state index >= 15 is 0 Å². The Morgan fingerprint density at radius 2 is 2.08 bits per heavy atom. The first-order chi connectivity index (χ1) is 12.1. The van der Waals surface area contributed by atoms with Crippen LogP contribution < -0.4 is 16.0 Å². The topological polar surface area (TPSA) is 85.8 Å². The number of terminal acetylenes is 1. The van der Waals surface area contributed by atoms with Gasteiger partial charge >= 0.3 is 0 Å². The van der Waals surface area contributed by atoms with E-state index in [0.29, 0.717) is 37.7 Å². The number of piperazine rings is 1. The van der Waals surface area contributed by atoms with Crippen molar-refractivity contribution >= 4 is 41.8 Å². The first-order valence-corrected chi connectivity index (χ1v) is 8.24. The van der Waals surface area contributed by atoms with E-state index in [1.54, 1.807) is 17.0 Å². The molecule has 140 valence electrons. The number of nitrogens with zero attached hydrogens (tertiary/aromatic N) is 2. The Bertz CT molecular complexity index is 682. The first-order valence-electron chi connectivity index (χ1n) is 8.24. The second-order valence-corrected chi connectivity index (χ2v) is 5.53. The number of guanidine groups is 1. The molecule has 0 saturated carbocycles. The van der Waals surface area contributed by atoms with Crippen molar-refractivity contribution in [1.29, 1.82) is 0 Å². The second-order valence-electron chi connectivity index (χ2n) is 5.53. The number of rotatable bonds is 5. The van der Waals surface area contributed by atoms with Gasteiger partial charge in [0, 0.05) is 25.2 Å². The van der Waals surface area contributed by atoms with Crippen LogP contribution in [0.3, 0.4) is 0 Å². The maximum Gasteiger partial charge on any atom is 0.254 e. The van der Waals surface area contributed by atoms with Gasteiger partial charge in [0.05, 0.1) is 19.6 Å². The van der Waals surface area contributed by atoms with Crippen molar-refractivity contribution in [3.05, 3.63) is 35.4 Å². The zero-order valence-corrected chi connectivity index (χ0v) is 17.1. The van der Waals surface area contributed by atoms with Gasteiger partial charge in [-0.3, -0.25) is 9.59 Å². The van der Waals surface area contributed by atoms with Crippen LogP contribution in [0.2, 0.25) is 0 Å². The molecule has 1 heterocycles. The summed E-state index contributed by atoms with van der Waals surface area (Å²) in [6, 6.07) is 7.26. The molecule has 1 aromatic rings. The molecule has 8 heteroatoms. The number of halogens is 1. The summed E-state index contributed by atoms with van der Waals surface area (Å²) in [7, 11) is 0. The van der Waals surface area contributed by atoms with E-state index in [4.69, 9.17) is 6.42 Å². The van der Waals surface area contributed by atoms with Crippen molar-refractivity contribution in [3.63, 3.8) is 0 Å². The second kappa shape index (κ2) is 11.4. The van der Waals surface area contributed by atoms with Gasteiger partial charge in [0.1, 0.15) is 0 Å². The molecule has 1 aliphatic heterocycles. The zero-order chi connectivity index (χ0) is 18.1. The SMILES string of the molecule is C#CCNC(=NCc1ccc(C(=O)N2CCNC(=O)C2)cc1)NCC.I. The molecule has 0 radical (unpaired) electrons. The van der Waals surface area contributed by atoms with Gasteiger partial charge in [-0.25, -0.2) is 4.99 Å². The lowest BCUT2D eigenvalue weighted by Crippen LogP contribution is -2.49. The molecular formula is C18H24IN5O2. The fourth-order valence-electron chi connectivity index (χ4n) is 2.39. The summed E-state index contributed by atoms with van der Waals surface area (Å²) < 4.78 is 0. The Kier molecular flexibility index (Phi) is 9.51. The van der Waals surface area contributed by atoms with Gasteiger partial charge in [-0.1, -0.05) is 18.1 Å². The third-order valence-corrected chi connectivity index (χ3v) is 3.65. The molecule has 2 amide bonds. The Morgan fingerprint density at radius 1 is 1.35 bits per heavy atom. The summed E-state index contributed by atoms with van der Waals surface area (Å²) in [6.07, 6.45) is 5.24. The molecule has 0 atom stereocenters. The van der Waals surface area contributed by atoms with Gasteiger partial charge in [-0.2, -0.15) is 0 Å². The fraction of sp³-hybridized carbons (Fsp3) is 0.389. The van der Waals surface area contributed by atoms with Crippen molar-refractivity contribution < 1.29 is 9.59 Å². The fourth-order valence-corrected chi connectivity index (χ4v) is 2.39. The summed E-state index contributed by atoms with van der Waals surface area (Å²) in [6.45, 7) is 4.74. The Morgan fingerprint density at radius 3 is 2.69 bits per heavy atom. The summed E-state index contributed by atoms with van der Waals surface area (Å²) in [5.74, 6) is 2.90. The maximum atomic E-state index is 12.4. The van der Waals surface area contributed by atoms with Gasteiger partial charge in [0.25, 0.3) is 5.91 Å². The molecule has 1 aliphatic rings. The van der Waals surface area contributed by atoms with Crippen molar-refractivity contribution in [2.75, 3.05) is 32.7 Å². The van der Waals surface area contributed by atoms with Crippen LogP contribution in [-0.2, 0) is 11.3 Å². The van der Waals surface area contributed by atoms with Crippen LogP contribution in [0.15, 0.2) is 29.3 Å². The van der Waals surface area contributed by atoms with E-state index < -0.39 is 0 Å². The van der Waals surface area contributed by atoms with Gasteiger partial charge in [0.15, 0.2) is 5.96 Å². The van der Waals surface area contributed by atoms with E-state index in [2.05, 4.69) is 26.9 Å². The number of benzene rings is 1. The lowest BCUT2D eigenvalue weighted by molar-refractivity contribution is -0.123. The molecule has 1 fully saturated rings. The Balaban J connectivity index is 0.00000338. The van der Waals surface area contributed by atoms with Crippen molar-refractivity contribution in [3.8, 4) is 12.3 Å². The predicted molar refractivity (Wildman–Crippen MR) is 112 cm³/mol. The largest absolute Gasteiger partial charge is 0.357 e. The molecule has 0 aliphatic carbocycles. The zero-order valence-electron chi connectivity index (χ0n) is 14.7.